The Bertz CT molecular complexity index is 1600. The van der Waals surface area contributed by atoms with Crippen LogP contribution in [0.3, 0.4) is 0 Å². The van der Waals surface area contributed by atoms with Crippen LogP contribution >= 0.6 is 34.3 Å². The summed E-state index contributed by atoms with van der Waals surface area (Å²) in [4.78, 5) is 54.8. The van der Waals surface area contributed by atoms with Crippen molar-refractivity contribution in [3.05, 3.63) is 114 Å². The molecule has 0 aliphatic carbocycles. The maximum atomic E-state index is 14.3. The second kappa shape index (κ2) is 11.2. The van der Waals surface area contributed by atoms with Crippen LogP contribution < -0.4 is 10.5 Å². The first-order chi connectivity index (χ1) is 19.2. The first-order valence-electron chi connectivity index (χ1n) is 12.0. The zero-order valence-electron chi connectivity index (χ0n) is 20.9. The van der Waals surface area contributed by atoms with Crippen molar-refractivity contribution in [2.45, 2.75) is 18.0 Å². The average molecular weight is 596 g/mol. The predicted molar refractivity (Wildman–Crippen MR) is 152 cm³/mol. The highest BCUT2D eigenvalue weighted by Crippen LogP contribution is 2.53. The fourth-order valence-electron chi connectivity index (χ4n) is 5.35. The number of methoxy groups -OCH3 is 1. The number of hydrogen-bond donors (Lipinski definition) is 1. The lowest BCUT2D eigenvalue weighted by molar-refractivity contribution is -0.385. The molecule has 204 valence electrons. The van der Waals surface area contributed by atoms with Crippen LogP contribution in [0, 0.1) is 16.0 Å². The summed E-state index contributed by atoms with van der Waals surface area (Å²) >= 11 is 8.43. The van der Waals surface area contributed by atoms with Gasteiger partial charge in [0, 0.05) is 18.1 Å². The number of primary amides is 1. The zero-order chi connectivity index (χ0) is 28.6. The second-order valence-electron chi connectivity index (χ2n) is 9.13. The van der Waals surface area contributed by atoms with Crippen molar-refractivity contribution in [1.82, 2.24) is 4.90 Å². The lowest BCUT2D eigenvalue weighted by atomic mass is 9.77. The predicted octanol–water partition coefficient (Wildman–Crippen LogP) is 5.71. The van der Waals surface area contributed by atoms with E-state index < -0.39 is 40.7 Å². The summed E-state index contributed by atoms with van der Waals surface area (Å²) in [6.07, 6.45) is 0. The van der Waals surface area contributed by atoms with E-state index in [0.29, 0.717) is 31.0 Å². The van der Waals surface area contributed by atoms with Crippen molar-refractivity contribution < 1.29 is 24.0 Å². The van der Waals surface area contributed by atoms with Gasteiger partial charge in [0.2, 0.25) is 5.91 Å². The minimum atomic E-state index is -1.25. The molecule has 2 N–H and O–H groups in total. The highest BCUT2D eigenvalue weighted by atomic mass is 35.5. The Balaban J connectivity index is 1.80. The number of nitrogens with zero attached hydrogens (tertiary/aromatic N) is 2. The molecule has 1 fully saturated rings. The summed E-state index contributed by atoms with van der Waals surface area (Å²) in [6, 6.07) is 16.8. The van der Waals surface area contributed by atoms with Crippen molar-refractivity contribution in [3.8, 4) is 5.75 Å². The van der Waals surface area contributed by atoms with Gasteiger partial charge >= 0.3 is 0 Å². The Morgan fingerprint density at radius 3 is 2.38 bits per heavy atom. The van der Waals surface area contributed by atoms with Gasteiger partial charge in [0.15, 0.2) is 5.78 Å². The molecule has 4 unspecified atom stereocenters. The van der Waals surface area contributed by atoms with Crippen molar-refractivity contribution in [1.29, 1.82) is 0 Å². The van der Waals surface area contributed by atoms with Crippen molar-refractivity contribution in [3.63, 3.8) is 0 Å². The van der Waals surface area contributed by atoms with Crippen LogP contribution in [0.2, 0.25) is 4.34 Å². The molecule has 0 spiro atoms. The number of nitro benzene ring substituents is 1. The molecule has 4 atom stereocenters. The van der Waals surface area contributed by atoms with Crippen LogP contribution in [0.25, 0.3) is 0 Å². The second-order valence-corrected chi connectivity index (χ2v) is 11.8. The number of likely N-dealkylation sites (tertiary alicyclic amines) is 1. The molecule has 4 aromatic rings. The lowest BCUT2D eigenvalue weighted by Crippen LogP contribution is -2.46. The molecule has 1 aliphatic heterocycles. The van der Waals surface area contributed by atoms with Crippen LogP contribution in [-0.2, 0) is 4.79 Å². The molecule has 9 nitrogen and oxygen atoms in total. The highest BCUT2D eigenvalue weighted by Gasteiger charge is 2.57. The third kappa shape index (κ3) is 4.99. The van der Waals surface area contributed by atoms with Gasteiger partial charge in [-0.3, -0.25) is 24.5 Å². The van der Waals surface area contributed by atoms with Gasteiger partial charge in [0.05, 0.1) is 38.1 Å². The Kier molecular flexibility index (Phi) is 7.70. The van der Waals surface area contributed by atoms with E-state index in [9.17, 15) is 24.5 Å². The highest BCUT2D eigenvalue weighted by molar-refractivity contribution is 7.18. The summed E-state index contributed by atoms with van der Waals surface area (Å²) in [5.41, 5.74) is 6.67. The quantitative estimate of drug-likeness (QED) is 0.157. The number of carbonyl (C=O) groups excluding carboxylic acids is 3. The summed E-state index contributed by atoms with van der Waals surface area (Å²) in [6.45, 7) is 0. The SMILES string of the molecule is COc1cccc(C2C(C(=O)c3ccc(Cl)s3)C(c3cccc([N+](=O)[O-])c3)N(C(=O)c3cccs3)C2C(N)=O)c1. The molecule has 2 aromatic carbocycles. The van der Waals surface area contributed by atoms with E-state index in [-0.39, 0.29) is 11.5 Å². The molecule has 0 bridgehead atoms. The molecule has 5 rings (SSSR count). The average Bonchev–Trinajstić information content (AvgIpc) is 3.71. The third-order valence-corrected chi connectivity index (χ3v) is 9.05. The van der Waals surface area contributed by atoms with E-state index in [1.165, 1.54) is 41.5 Å². The van der Waals surface area contributed by atoms with Gasteiger partial charge in [-0.25, -0.2) is 0 Å². The standard InChI is InChI=1S/C28H22ClN3O6S2/c1-38-18-8-3-5-15(14-18)22-23(26(33)19-10-11-21(29)40-19)24(16-6-2-7-17(13-16)32(36)37)31(25(22)27(30)34)28(35)20-9-4-12-39-20/h2-14,22-25H,1H3,(H2,30,34). The van der Waals surface area contributed by atoms with Gasteiger partial charge in [-0.15, -0.1) is 22.7 Å². The van der Waals surface area contributed by atoms with Gasteiger partial charge in [-0.05, 0) is 46.8 Å². The largest absolute Gasteiger partial charge is 0.497 e. The van der Waals surface area contributed by atoms with Crippen LogP contribution in [0.5, 0.6) is 5.75 Å². The number of Topliss-reactive ketones (excluding diaryl/α,β-unsaturated/α-hetero) is 1. The number of ether oxygens (including phenoxy) is 1. The van der Waals surface area contributed by atoms with Crippen molar-refractivity contribution in [2.75, 3.05) is 7.11 Å². The summed E-state index contributed by atoms with van der Waals surface area (Å²) in [5, 5.41) is 13.4. The molecular formula is C28H22ClN3O6S2. The van der Waals surface area contributed by atoms with Crippen LogP contribution in [-0.4, -0.2) is 40.6 Å². The molecule has 40 heavy (non-hydrogen) atoms. The molecule has 12 heteroatoms. The van der Waals surface area contributed by atoms with Crippen LogP contribution in [0.15, 0.2) is 78.2 Å². The molecule has 1 aliphatic rings. The number of benzene rings is 2. The number of ketones is 1. The van der Waals surface area contributed by atoms with E-state index in [0.717, 1.165) is 11.3 Å². The van der Waals surface area contributed by atoms with Crippen LogP contribution in [0.4, 0.5) is 5.69 Å². The first-order valence-corrected chi connectivity index (χ1v) is 14.1. The topological polar surface area (TPSA) is 133 Å². The van der Waals surface area contributed by atoms with E-state index in [2.05, 4.69) is 0 Å². The summed E-state index contributed by atoms with van der Waals surface area (Å²) in [7, 11) is 1.49. The van der Waals surface area contributed by atoms with E-state index in [4.69, 9.17) is 22.1 Å². The number of nitro groups is 1. The molecule has 0 saturated carbocycles. The molecule has 0 radical (unpaired) electrons. The van der Waals surface area contributed by atoms with E-state index in [1.54, 1.807) is 60.0 Å². The Hall–Kier alpha value is -4.06. The van der Waals surface area contributed by atoms with Gasteiger partial charge in [0.25, 0.3) is 11.6 Å². The fourth-order valence-corrected chi connectivity index (χ4v) is 7.05. The normalized spacial score (nSPS) is 20.3. The van der Waals surface area contributed by atoms with E-state index >= 15 is 0 Å². The number of nitrogens with two attached hydrogens (primary N) is 1. The van der Waals surface area contributed by atoms with Gasteiger partial charge in [-0.1, -0.05) is 41.9 Å². The van der Waals surface area contributed by atoms with Gasteiger partial charge in [-0.2, -0.15) is 0 Å². The number of rotatable bonds is 8. The maximum absolute atomic E-state index is 14.3. The van der Waals surface area contributed by atoms with E-state index in [1.807, 2.05) is 0 Å². The van der Waals surface area contributed by atoms with Gasteiger partial charge < -0.3 is 15.4 Å². The van der Waals surface area contributed by atoms with Gasteiger partial charge in [0.1, 0.15) is 11.8 Å². The van der Waals surface area contributed by atoms with Crippen molar-refractivity contribution in [2.24, 2.45) is 11.7 Å². The summed E-state index contributed by atoms with van der Waals surface area (Å²) < 4.78 is 5.80. The monoisotopic (exact) mass is 595 g/mol. The lowest BCUT2D eigenvalue weighted by Gasteiger charge is -2.30. The summed E-state index contributed by atoms with van der Waals surface area (Å²) in [5.74, 6) is -3.13. The third-order valence-electron chi connectivity index (χ3n) is 6.94. The Morgan fingerprint density at radius 2 is 1.75 bits per heavy atom. The Morgan fingerprint density at radius 1 is 1.00 bits per heavy atom. The first kappa shape index (κ1) is 27.5. The fraction of sp³-hybridized carbons (Fsp3) is 0.179. The minimum absolute atomic E-state index is 0.216. The smallest absolute Gasteiger partial charge is 0.269 e. The zero-order valence-corrected chi connectivity index (χ0v) is 23.3. The number of carbonyl (C=O) groups is 3. The molecule has 1 saturated heterocycles. The number of hydrogen-bond acceptors (Lipinski definition) is 8. The van der Waals surface area contributed by atoms with Crippen molar-refractivity contribution >= 4 is 57.6 Å². The minimum Gasteiger partial charge on any atom is -0.497 e. The molecule has 3 heterocycles. The number of amides is 2. The maximum Gasteiger partial charge on any atom is 0.269 e. The Labute approximate surface area is 241 Å². The molecule has 2 amide bonds. The van der Waals surface area contributed by atoms with Crippen LogP contribution in [0.1, 0.15) is 42.4 Å². The number of halogens is 1. The number of thiophene rings is 2. The molecule has 2 aromatic heterocycles. The number of non-ortho nitro benzene ring substituents is 1. The molecular weight excluding hydrogens is 574 g/mol.